The number of benzene rings is 1. The maximum atomic E-state index is 13.2. The number of phenolic OH excluding ortho intramolecular Hbond substituents is 1. The quantitative estimate of drug-likeness (QED) is 0.779. The van der Waals surface area contributed by atoms with Gasteiger partial charge in [0.25, 0.3) is 0 Å². The normalized spacial score (nSPS) is 11.7. The Hall–Kier alpha value is -1.33. The van der Waals surface area contributed by atoms with Gasteiger partial charge in [-0.05, 0) is 18.6 Å². The molecule has 0 aromatic heterocycles. The van der Waals surface area contributed by atoms with Crippen molar-refractivity contribution in [3.63, 3.8) is 0 Å². The first-order chi connectivity index (χ1) is 7.47. The lowest BCUT2D eigenvalue weighted by molar-refractivity contribution is 0.0696. The van der Waals surface area contributed by atoms with Gasteiger partial charge in [-0.3, -0.25) is 0 Å². The van der Waals surface area contributed by atoms with Crippen LogP contribution >= 0.6 is 12.4 Å². The zero-order chi connectivity index (χ0) is 12.3. The van der Waals surface area contributed by atoms with Gasteiger partial charge in [-0.15, -0.1) is 12.4 Å². The van der Waals surface area contributed by atoms with Crippen LogP contribution in [-0.4, -0.2) is 16.2 Å². The van der Waals surface area contributed by atoms with Crippen molar-refractivity contribution in [2.24, 2.45) is 5.73 Å². The molecular formula is C11H15ClFNO3. The molecular weight excluding hydrogens is 249 g/mol. The van der Waals surface area contributed by atoms with Crippen molar-refractivity contribution in [2.75, 3.05) is 0 Å². The molecule has 6 heteroatoms. The molecule has 0 aliphatic rings. The number of carboxylic acid groups (broad SMARTS) is 1. The van der Waals surface area contributed by atoms with E-state index in [1.165, 1.54) is 6.07 Å². The second kappa shape index (κ2) is 6.42. The summed E-state index contributed by atoms with van der Waals surface area (Å²) in [6.45, 7) is 1.90. The number of phenols is 1. The Labute approximate surface area is 105 Å². The van der Waals surface area contributed by atoms with E-state index in [0.29, 0.717) is 6.42 Å². The standard InChI is InChI=1S/C11H14FNO3.ClH/c1-2-3-9(13)7-4-6(11(15)16)5-8(12)10(7)14;/h4-5,9,14H,2-3,13H2,1H3,(H,15,16);1H/t9-;/m1./s1. The lowest BCUT2D eigenvalue weighted by atomic mass is 9.99. The van der Waals surface area contributed by atoms with E-state index >= 15 is 0 Å². The average Bonchev–Trinajstić information content (AvgIpc) is 2.21. The molecule has 4 nitrogen and oxygen atoms in total. The fourth-order valence-corrected chi connectivity index (χ4v) is 1.49. The van der Waals surface area contributed by atoms with E-state index in [0.717, 1.165) is 12.5 Å². The number of halogens is 2. The minimum Gasteiger partial charge on any atom is -0.505 e. The molecule has 0 saturated carbocycles. The summed E-state index contributed by atoms with van der Waals surface area (Å²) in [5.74, 6) is -2.77. The molecule has 0 radical (unpaired) electrons. The topological polar surface area (TPSA) is 83.6 Å². The molecule has 1 aromatic rings. The fraction of sp³-hybridized carbons (Fsp3) is 0.364. The molecule has 1 rings (SSSR count). The van der Waals surface area contributed by atoms with E-state index < -0.39 is 23.6 Å². The van der Waals surface area contributed by atoms with Gasteiger partial charge in [-0.1, -0.05) is 13.3 Å². The molecule has 0 spiro atoms. The van der Waals surface area contributed by atoms with Crippen LogP contribution in [-0.2, 0) is 0 Å². The summed E-state index contributed by atoms with van der Waals surface area (Å²) in [4.78, 5) is 10.7. The number of aromatic carboxylic acids is 1. The third-order valence-electron chi connectivity index (χ3n) is 2.34. The Bertz CT molecular complexity index is 412. The summed E-state index contributed by atoms with van der Waals surface area (Å²) in [7, 11) is 0. The molecule has 0 fully saturated rings. The predicted octanol–water partition coefficient (Wildman–Crippen LogP) is 2.45. The molecule has 0 saturated heterocycles. The molecule has 96 valence electrons. The van der Waals surface area contributed by atoms with Crippen molar-refractivity contribution in [3.8, 4) is 5.75 Å². The van der Waals surface area contributed by atoms with Crippen LogP contribution in [0, 0.1) is 5.82 Å². The number of hydrogen-bond donors (Lipinski definition) is 3. The summed E-state index contributed by atoms with van der Waals surface area (Å²) in [6.07, 6.45) is 1.32. The van der Waals surface area contributed by atoms with Crippen LogP contribution in [0.2, 0.25) is 0 Å². The van der Waals surface area contributed by atoms with Gasteiger partial charge in [0.2, 0.25) is 0 Å². The van der Waals surface area contributed by atoms with Gasteiger partial charge in [0.05, 0.1) is 5.56 Å². The molecule has 0 amide bonds. The van der Waals surface area contributed by atoms with E-state index in [1.807, 2.05) is 6.92 Å². The molecule has 1 atom stereocenters. The number of hydrogen-bond acceptors (Lipinski definition) is 3. The van der Waals surface area contributed by atoms with E-state index in [-0.39, 0.29) is 23.5 Å². The maximum Gasteiger partial charge on any atom is 0.335 e. The monoisotopic (exact) mass is 263 g/mol. The van der Waals surface area contributed by atoms with Crippen LogP contribution < -0.4 is 5.73 Å². The van der Waals surface area contributed by atoms with Crippen LogP contribution in [0.3, 0.4) is 0 Å². The van der Waals surface area contributed by atoms with Gasteiger partial charge in [0.15, 0.2) is 11.6 Å². The highest BCUT2D eigenvalue weighted by molar-refractivity contribution is 5.88. The molecule has 0 heterocycles. The second-order valence-corrected chi connectivity index (χ2v) is 3.60. The summed E-state index contributed by atoms with van der Waals surface area (Å²) in [6, 6.07) is 1.43. The summed E-state index contributed by atoms with van der Waals surface area (Å²) < 4.78 is 13.2. The van der Waals surface area contributed by atoms with Crippen molar-refractivity contribution >= 4 is 18.4 Å². The third-order valence-corrected chi connectivity index (χ3v) is 2.34. The van der Waals surface area contributed by atoms with Gasteiger partial charge < -0.3 is 15.9 Å². The smallest absolute Gasteiger partial charge is 0.335 e. The van der Waals surface area contributed by atoms with Crippen LogP contribution in [0.15, 0.2) is 12.1 Å². The first kappa shape index (κ1) is 15.7. The van der Waals surface area contributed by atoms with Crippen molar-refractivity contribution < 1.29 is 19.4 Å². The van der Waals surface area contributed by atoms with Gasteiger partial charge in [-0.25, -0.2) is 9.18 Å². The highest BCUT2D eigenvalue weighted by atomic mass is 35.5. The average molecular weight is 264 g/mol. The first-order valence-corrected chi connectivity index (χ1v) is 4.98. The van der Waals surface area contributed by atoms with Crippen molar-refractivity contribution in [3.05, 3.63) is 29.1 Å². The maximum absolute atomic E-state index is 13.2. The Morgan fingerprint density at radius 1 is 1.53 bits per heavy atom. The minimum absolute atomic E-state index is 0. The number of rotatable bonds is 4. The molecule has 17 heavy (non-hydrogen) atoms. The van der Waals surface area contributed by atoms with E-state index in [2.05, 4.69) is 0 Å². The molecule has 0 bridgehead atoms. The van der Waals surface area contributed by atoms with Crippen LogP contribution in [0.4, 0.5) is 4.39 Å². The lowest BCUT2D eigenvalue weighted by Gasteiger charge is -2.13. The number of carbonyl (C=O) groups is 1. The Balaban J connectivity index is 0.00000256. The van der Waals surface area contributed by atoms with Crippen LogP contribution in [0.5, 0.6) is 5.75 Å². The van der Waals surface area contributed by atoms with Crippen LogP contribution in [0.1, 0.15) is 41.7 Å². The fourth-order valence-electron chi connectivity index (χ4n) is 1.49. The van der Waals surface area contributed by atoms with Crippen LogP contribution in [0.25, 0.3) is 0 Å². The zero-order valence-corrected chi connectivity index (χ0v) is 10.1. The Kier molecular flexibility index (Phi) is 5.91. The summed E-state index contributed by atoms with van der Waals surface area (Å²) in [5, 5.41) is 18.2. The number of nitrogens with two attached hydrogens (primary N) is 1. The third kappa shape index (κ3) is 3.57. The highest BCUT2D eigenvalue weighted by Crippen LogP contribution is 2.29. The largest absolute Gasteiger partial charge is 0.505 e. The van der Waals surface area contributed by atoms with Crippen molar-refractivity contribution in [1.29, 1.82) is 0 Å². The van der Waals surface area contributed by atoms with Crippen molar-refractivity contribution in [2.45, 2.75) is 25.8 Å². The van der Waals surface area contributed by atoms with E-state index in [4.69, 9.17) is 10.8 Å². The molecule has 0 aliphatic carbocycles. The number of carboxylic acids is 1. The minimum atomic E-state index is -1.25. The zero-order valence-electron chi connectivity index (χ0n) is 9.31. The highest BCUT2D eigenvalue weighted by Gasteiger charge is 2.17. The van der Waals surface area contributed by atoms with E-state index in [1.54, 1.807) is 0 Å². The van der Waals surface area contributed by atoms with Crippen molar-refractivity contribution in [1.82, 2.24) is 0 Å². The summed E-state index contributed by atoms with van der Waals surface area (Å²) >= 11 is 0. The second-order valence-electron chi connectivity index (χ2n) is 3.60. The molecule has 0 unspecified atom stereocenters. The van der Waals surface area contributed by atoms with Gasteiger partial charge >= 0.3 is 5.97 Å². The molecule has 0 aliphatic heterocycles. The van der Waals surface area contributed by atoms with E-state index in [9.17, 15) is 14.3 Å². The summed E-state index contributed by atoms with van der Waals surface area (Å²) in [5.41, 5.74) is 5.65. The first-order valence-electron chi connectivity index (χ1n) is 4.98. The lowest BCUT2D eigenvalue weighted by Crippen LogP contribution is -2.12. The van der Waals surface area contributed by atoms with Gasteiger partial charge in [0, 0.05) is 11.6 Å². The van der Waals surface area contributed by atoms with Gasteiger partial charge in [-0.2, -0.15) is 0 Å². The molecule has 4 N–H and O–H groups in total. The predicted molar refractivity (Wildman–Crippen MR) is 64.1 cm³/mol. The Morgan fingerprint density at radius 3 is 2.59 bits per heavy atom. The Morgan fingerprint density at radius 2 is 2.12 bits per heavy atom. The van der Waals surface area contributed by atoms with Gasteiger partial charge in [0.1, 0.15) is 0 Å². The number of aromatic hydroxyl groups is 1. The SMILES string of the molecule is CCC[C@@H](N)c1cc(C(=O)O)cc(F)c1O.Cl. The molecule has 1 aromatic carbocycles.